The number of benzene rings is 2. The fraction of sp³-hybridized carbons (Fsp3) is 0.192. The third-order valence-corrected chi connectivity index (χ3v) is 5.86. The highest BCUT2D eigenvalue weighted by atomic mass is 32.1. The van der Waals surface area contributed by atoms with Crippen LogP contribution in [0.1, 0.15) is 17.4 Å². The van der Waals surface area contributed by atoms with Gasteiger partial charge >= 0.3 is 5.97 Å². The van der Waals surface area contributed by atoms with Gasteiger partial charge in [0.1, 0.15) is 18.9 Å². The number of ether oxygens (including phenoxy) is 3. The van der Waals surface area contributed by atoms with Crippen LogP contribution >= 0.6 is 11.3 Å². The monoisotopic (exact) mass is 492 g/mol. The number of nitrogens with zero attached hydrogens (tertiary/aromatic N) is 1. The quantitative estimate of drug-likeness (QED) is 0.380. The van der Waals surface area contributed by atoms with Gasteiger partial charge in [-0.25, -0.2) is 4.79 Å². The Balaban J connectivity index is 1.51. The van der Waals surface area contributed by atoms with Crippen molar-refractivity contribution in [2.45, 2.75) is 13.5 Å². The summed E-state index contributed by atoms with van der Waals surface area (Å²) in [7, 11) is 0. The average molecular weight is 493 g/mol. The van der Waals surface area contributed by atoms with Crippen LogP contribution in [0.4, 0.5) is 5.69 Å². The normalized spacial score (nSPS) is 12.5. The number of anilines is 1. The molecule has 0 bridgehead atoms. The van der Waals surface area contributed by atoms with E-state index >= 15 is 0 Å². The van der Waals surface area contributed by atoms with E-state index in [0.717, 1.165) is 4.88 Å². The van der Waals surface area contributed by atoms with Gasteiger partial charge in [-0.3, -0.25) is 9.59 Å². The summed E-state index contributed by atoms with van der Waals surface area (Å²) < 4.78 is 16.5. The fourth-order valence-electron chi connectivity index (χ4n) is 3.42. The van der Waals surface area contributed by atoms with Gasteiger partial charge in [0.05, 0.1) is 6.54 Å². The summed E-state index contributed by atoms with van der Waals surface area (Å²) in [6.45, 7) is 1.97. The lowest BCUT2D eigenvalue weighted by molar-refractivity contribution is -0.144. The van der Waals surface area contributed by atoms with E-state index in [1.54, 1.807) is 30.3 Å². The molecule has 1 aliphatic heterocycles. The molecule has 35 heavy (non-hydrogen) atoms. The molecule has 180 valence electrons. The van der Waals surface area contributed by atoms with E-state index < -0.39 is 24.4 Å². The molecule has 1 aromatic heterocycles. The van der Waals surface area contributed by atoms with E-state index in [1.807, 2.05) is 35.7 Å². The minimum absolute atomic E-state index is 0.0550. The summed E-state index contributed by atoms with van der Waals surface area (Å²) in [5, 5.41) is 4.40. The number of rotatable bonds is 8. The maximum atomic E-state index is 13.2. The second-order valence-corrected chi connectivity index (χ2v) is 8.65. The first-order chi connectivity index (χ1) is 17.0. The molecule has 0 spiro atoms. The Labute approximate surface area is 206 Å². The summed E-state index contributed by atoms with van der Waals surface area (Å²) in [5.41, 5.74) is 1.24. The van der Waals surface area contributed by atoms with Crippen molar-refractivity contribution < 1.29 is 28.6 Å². The van der Waals surface area contributed by atoms with E-state index in [9.17, 15) is 14.4 Å². The molecule has 0 saturated heterocycles. The zero-order chi connectivity index (χ0) is 24.6. The molecule has 1 aliphatic rings. The highest BCUT2D eigenvalue weighted by Crippen LogP contribution is 2.34. The van der Waals surface area contributed by atoms with Gasteiger partial charge in [-0.05, 0) is 35.2 Å². The Morgan fingerprint density at radius 3 is 2.51 bits per heavy atom. The van der Waals surface area contributed by atoms with Crippen molar-refractivity contribution >= 4 is 40.9 Å². The molecule has 0 radical (unpaired) electrons. The molecule has 8 nitrogen and oxygen atoms in total. The number of carbonyl (C=O) groups excluding carboxylic acids is 3. The topological polar surface area (TPSA) is 94.2 Å². The fourth-order valence-corrected chi connectivity index (χ4v) is 4.11. The van der Waals surface area contributed by atoms with Gasteiger partial charge in [0.25, 0.3) is 5.91 Å². The molecule has 0 atom stereocenters. The molecule has 2 amide bonds. The van der Waals surface area contributed by atoms with Crippen molar-refractivity contribution in [3.05, 3.63) is 82.2 Å². The van der Waals surface area contributed by atoms with Crippen LogP contribution in [-0.2, 0) is 25.7 Å². The van der Waals surface area contributed by atoms with Gasteiger partial charge < -0.3 is 24.4 Å². The molecule has 9 heteroatoms. The predicted octanol–water partition coefficient (Wildman–Crippen LogP) is 3.77. The van der Waals surface area contributed by atoms with Crippen molar-refractivity contribution in [2.75, 3.05) is 24.7 Å². The van der Waals surface area contributed by atoms with Crippen molar-refractivity contribution in [3.63, 3.8) is 0 Å². The van der Waals surface area contributed by atoms with Crippen molar-refractivity contribution in [1.82, 2.24) is 5.32 Å². The van der Waals surface area contributed by atoms with Crippen LogP contribution in [0.5, 0.6) is 11.5 Å². The standard InChI is InChI=1S/C26H24N2O6S/c1-18(29)27-22(14-19-6-3-2-4-7-19)26(31)34-17-25(30)28(16-21-8-5-13-35-21)20-9-10-23-24(15-20)33-12-11-32-23/h2-10,13-15H,11-12,16-17H2,1H3,(H,27,29)/b22-14-. The molecular formula is C26H24N2O6S. The maximum Gasteiger partial charge on any atom is 0.355 e. The smallest absolute Gasteiger partial charge is 0.355 e. The van der Waals surface area contributed by atoms with Gasteiger partial charge in [0.15, 0.2) is 18.1 Å². The third kappa shape index (κ3) is 6.48. The van der Waals surface area contributed by atoms with Gasteiger partial charge in [0, 0.05) is 23.6 Å². The molecular weight excluding hydrogens is 468 g/mol. The minimum atomic E-state index is -0.810. The molecule has 0 aliphatic carbocycles. The van der Waals surface area contributed by atoms with Crippen molar-refractivity contribution in [2.24, 2.45) is 0 Å². The minimum Gasteiger partial charge on any atom is -0.486 e. The van der Waals surface area contributed by atoms with Gasteiger partial charge in [-0.1, -0.05) is 36.4 Å². The Morgan fingerprint density at radius 2 is 1.80 bits per heavy atom. The number of hydrogen-bond donors (Lipinski definition) is 1. The van der Waals surface area contributed by atoms with Gasteiger partial charge in [-0.15, -0.1) is 11.3 Å². The first-order valence-corrected chi connectivity index (χ1v) is 11.8. The highest BCUT2D eigenvalue weighted by molar-refractivity contribution is 7.09. The molecule has 0 fully saturated rings. The van der Waals surface area contributed by atoms with Crippen molar-refractivity contribution in [1.29, 1.82) is 0 Å². The Kier molecular flexibility index (Phi) is 7.79. The zero-order valence-electron chi connectivity index (χ0n) is 19.1. The summed E-state index contributed by atoms with van der Waals surface area (Å²) in [6.07, 6.45) is 1.50. The predicted molar refractivity (Wildman–Crippen MR) is 132 cm³/mol. The Bertz CT molecular complexity index is 1220. The lowest BCUT2D eigenvalue weighted by Gasteiger charge is -2.25. The largest absolute Gasteiger partial charge is 0.486 e. The van der Waals surface area contributed by atoms with Crippen LogP contribution in [0.15, 0.2) is 71.7 Å². The van der Waals surface area contributed by atoms with Crippen LogP contribution in [0.25, 0.3) is 6.08 Å². The van der Waals surface area contributed by atoms with Crippen LogP contribution in [-0.4, -0.2) is 37.6 Å². The Morgan fingerprint density at radius 1 is 1.03 bits per heavy atom. The number of thiophene rings is 1. The van der Waals surface area contributed by atoms with Crippen LogP contribution in [0.3, 0.4) is 0 Å². The van der Waals surface area contributed by atoms with Crippen LogP contribution in [0.2, 0.25) is 0 Å². The SMILES string of the molecule is CC(=O)N/C(=C\c1ccccc1)C(=O)OCC(=O)N(Cc1cccs1)c1ccc2c(c1)OCCO2. The summed E-state index contributed by atoms with van der Waals surface area (Å²) in [4.78, 5) is 40.1. The summed E-state index contributed by atoms with van der Waals surface area (Å²) in [6, 6.07) is 18.1. The molecule has 0 unspecified atom stereocenters. The summed E-state index contributed by atoms with van der Waals surface area (Å²) >= 11 is 1.52. The van der Waals surface area contributed by atoms with Gasteiger partial charge in [0.2, 0.25) is 5.91 Å². The summed E-state index contributed by atoms with van der Waals surface area (Å²) in [5.74, 6) is -0.499. The number of carbonyl (C=O) groups is 3. The zero-order valence-corrected chi connectivity index (χ0v) is 19.9. The van der Waals surface area contributed by atoms with Gasteiger partial charge in [-0.2, -0.15) is 0 Å². The highest BCUT2D eigenvalue weighted by Gasteiger charge is 2.23. The molecule has 3 aromatic rings. The number of hydrogen-bond acceptors (Lipinski definition) is 7. The molecule has 2 aromatic carbocycles. The first-order valence-electron chi connectivity index (χ1n) is 10.9. The Hall–Kier alpha value is -4.11. The number of amides is 2. The van der Waals surface area contributed by atoms with Crippen LogP contribution < -0.4 is 19.7 Å². The van der Waals surface area contributed by atoms with E-state index in [-0.39, 0.29) is 5.70 Å². The molecule has 1 N–H and O–H groups in total. The number of nitrogens with one attached hydrogen (secondary N) is 1. The third-order valence-electron chi connectivity index (χ3n) is 5.00. The van der Waals surface area contributed by atoms with Crippen molar-refractivity contribution in [3.8, 4) is 11.5 Å². The molecule has 0 saturated carbocycles. The second kappa shape index (κ2) is 11.3. The van der Waals surface area contributed by atoms with E-state index in [0.29, 0.717) is 42.5 Å². The van der Waals surface area contributed by atoms with Crippen LogP contribution in [0, 0.1) is 0 Å². The molecule has 4 rings (SSSR count). The lowest BCUT2D eigenvalue weighted by Crippen LogP contribution is -2.35. The van der Waals surface area contributed by atoms with E-state index in [1.165, 1.54) is 29.2 Å². The van der Waals surface area contributed by atoms with E-state index in [2.05, 4.69) is 5.32 Å². The maximum absolute atomic E-state index is 13.2. The number of fused-ring (bicyclic) bond motifs is 1. The average Bonchev–Trinajstić information content (AvgIpc) is 3.39. The molecule has 2 heterocycles. The number of esters is 1. The lowest BCUT2D eigenvalue weighted by atomic mass is 10.2. The first kappa shape index (κ1) is 24.0. The second-order valence-electron chi connectivity index (χ2n) is 7.61. The van der Waals surface area contributed by atoms with E-state index in [4.69, 9.17) is 14.2 Å².